The summed E-state index contributed by atoms with van der Waals surface area (Å²) in [5, 5.41) is 31.7. The monoisotopic (exact) mass is 652 g/mol. The molecule has 0 aromatic heterocycles. The lowest BCUT2D eigenvalue weighted by Crippen LogP contribution is -2.01. The Labute approximate surface area is 266 Å². The Balaban J connectivity index is 1.20. The van der Waals surface area contributed by atoms with Crippen LogP contribution >= 0.6 is 12.0 Å². The Morgan fingerprint density at radius 2 is 1.07 bits per heavy atom. The Morgan fingerprint density at radius 3 is 1.57 bits per heavy atom. The third kappa shape index (κ3) is 6.43. The van der Waals surface area contributed by atoms with Gasteiger partial charge in [0.1, 0.15) is 16.3 Å². The average Bonchev–Trinajstić information content (AvgIpc) is 3.07. The fraction of sp³-hybridized carbons (Fsp3) is 0. The first-order valence-electron chi connectivity index (χ1n) is 13.5. The summed E-state index contributed by atoms with van der Waals surface area (Å²) in [6.07, 6.45) is 0. The predicted octanol–water partition coefficient (Wildman–Crippen LogP) is 9.33. The van der Waals surface area contributed by atoms with Crippen molar-refractivity contribution in [2.45, 2.75) is 9.79 Å². The SMILES string of the molecule is Nc1c(N=Nc2ccc(-c3ccc(N=Nc4cc(S(=O)(=O)O)c5ccccc5c4N)cc3)cc2)cc(SOOO)c2ccccc12. The molecule has 0 aliphatic carbocycles. The highest BCUT2D eigenvalue weighted by atomic mass is 32.2. The van der Waals surface area contributed by atoms with E-state index in [2.05, 4.69) is 29.8 Å². The van der Waals surface area contributed by atoms with Crippen LogP contribution in [0.25, 0.3) is 32.7 Å². The van der Waals surface area contributed by atoms with Gasteiger partial charge in [-0.3, -0.25) is 4.55 Å². The van der Waals surface area contributed by atoms with Crippen molar-refractivity contribution in [1.82, 2.24) is 0 Å². The molecule has 0 heterocycles. The van der Waals surface area contributed by atoms with Gasteiger partial charge in [0.15, 0.2) is 0 Å². The molecule has 12 nitrogen and oxygen atoms in total. The van der Waals surface area contributed by atoms with E-state index in [1.54, 1.807) is 42.5 Å². The second kappa shape index (κ2) is 13.0. The molecular formula is C32H24N6O6S2. The van der Waals surface area contributed by atoms with Crippen molar-refractivity contribution in [2.24, 2.45) is 20.5 Å². The maximum absolute atomic E-state index is 12.0. The number of fused-ring (bicyclic) bond motifs is 2. The zero-order valence-corrected chi connectivity index (χ0v) is 25.3. The van der Waals surface area contributed by atoms with E-state index in [1.165, 1.54) is 6.07 Å². The number of rotatable bonds is 9. The number of nitrogens with zero attached hydrogens (tertiary/aromatic N) is 4. The van der Waals surface area contributed by atoms with E-state index in [-0.39, 0.29) is 16.3 Å². The molecule has 46 heavy (non-hydrogen) atoms. The van der Waals surface area contributed by atoms with E-state index in [0.717, 1.165) is 33.9 Å². The highest BCUT2D eigenvalue weighted by Crippen LogP contribution is 2.40. The molecule has 230 valence electrons. The van der Waals surface area contributed by atoms with Gasteiger partial charge in [-0.15, -0.1) is 14.6 Å². The minimum Gasteiger partial charge on any atom is -0.396 e. The Bertz CT molecular complexity index is 2240. The van der Waals surface area contributed by atoms with Crippen molar-refractivity contribution in [3.63, 3.8) is 0 Å². The zero-order chi connectivity index (χ0) is 32.3. The lowest BCUT2D eigenvalue weighted by molar-refractivity contribution is -0.432. The van der Waals surface area contributed by atoms with Gasteiger partial charge in [0.05, 0.1) is 34.8 Å². The number of nitrogen functional groups attached to an aromatic ring is 2. The summed E-state index contributed by atoms with van der Waals surface area (Å²) in [5.41, 5.74) is 16.8. The minimum atomic E-state index is -4.52. The number of hydrogen-bond donors (Lipinski definition) is 4. The first-order chi connectivity index (χ1) is 22.2. The maximum Gasteiger partial charge on any atom is 0.295 e. The molecule has 0 radical (unpaired) electrons. The van der Waals surface area contributed by atoms with E-state index in [9.17, 15) is 13.0 Å². The van der Waals surface area contributed by atoms with Gasteiger partial charge in [-0.25, -0.2) is 5.26 Å². The Kier molecular flexibility index (Phi) is 8.72. The van der Waals surface area contributed by atoms with Gasteiger partial charge in [-0.1, -0.05) is 77.8 Å². The molecule has 6 aromatic carbocycles. The van der Waals surface area contributed by atoms with E-state index in [0.29, 0.717) is 38.4 Å². The van der Waals surface area contributed by atoms with Gasteiger partial charge in [0.25, 0.3) is 10.1 Å². The van der Waals surface area contributed by atoms with Crippen LogP contribution < -0.4 is 11.5 Å². The smallest absolute Gasteiger partial charge is 0.295 e. The van der Waals surface area contributed by atoms with Gasteiger partial charge >= 0.3 is 0 Å². The normalized spacial score (nSPS) is 12.1. The van der Waals surface area contributed by atoms with Crippen LogP contribution in [0.3, 0.4) is 0 Å². The van der Waals surface area contributed by atoms with Crippen LogP contribution in [0.5, 0.6) is 0 Å². The number of benzene rings is 6. The molecule has 0 bridgehead atoms. The molecule has 0 saturated heterocycles. The molecule has 6 aromatic rings. The first-order valence-corrected chi connectivity index (χ1v) is 15.7. The summed E-state index contributed by atoms with van der Waals surface area (Å²) >= 11 is 0.820. The summed E-state index contributed by atoms with van der Waals surface area (Å²) in [6.45, 7) is 0. The van der Waals surface area contributed by atoms with Crippen LogP contribution in [-0.4, -0.2) is 18.2 Å². The van der Waals surface area contributed by atoms with E-state index >= 15 is 0 Å². The fourth-order valence-corrected chi connectivity index (χ4v) is 6.11. The number of hydrogen-bond acceptors (Lipinski definition) is 12. The van der Waals surface area contributed by atoms with Gasteiger partial charge < -0.3 is 11.5 Å². The third-order valence-electron chi connectivity index (χ3n) is 7.10. The predicted molar refractivity (Wildman–Crippen MR) is 177 cm³/mol. The van der Waals surface area contributed by atoms with Gasteiger partial charge in [0.2, 0.25) is 0 Å². The molecule has 6 rings (SSSR count). The standard InChI is InChI=1S/C32H24N6O6S2/c33-31-25-7-3-1-5-23(25)29(45-44-43-39)17-27(31)37-35-21-13-9-19(10-14-21)20-11-15-22(16-12-20)36-38-28-18-30(46(40,41)42)24-6-2-4-8-26(24)32(28)34/h1-18,39H,33-34H2,(H,40,41,42). The number of anilines is 2. The highest BCUT2D eigenvalue weighted by molar-refractivity contribution is 7.94. The van der Waals surface area contributed by atoms with Crippen LogP contribution in [0.1, 0.15) is 0 Å². The molecule has 0 unspecified atom stereocenters. The molecule has 0 saturated carbocycles. The van der Waals surface area contributed by atoms with Crippen molar-refractivity contribution < 1.29 is 27.6 Å². The molecule has 0 spiro atoms. The van der Waals surface area contributed by atoms with Crippen molar-refractivity contribution in [3.8, 4) is 11.1 Å². The van der Waals surface area contributed by atoms with Crippen LogP contribution in [0.2, 0.25) is 0 Å². The summed E-state index contributed by atoms with van der Waals surface area (Å²) in [5.74, 6) is 0. The largest absolute Gasteiger partial charge is 0.396 e. The van der Waals surface area contributed by atoms with Crippen LogP contribution in [0, 0.1) is 0 Å². The third-order valence-corrected chi connectivity index (χ3v) is 8.64. The topological polar surface area (TPSA) is 195 Å². The van der Waals surface area contributed by atoms with Crippen molar-refractivity contribution in [3.05, 3.63) is 109 Å². The maximum atomic E-state index is 12.0. The zero-order valence-electron chi connectivity index (χ0n) is 23.7. The quantitative estimate of drug-likeness (QED) is 0.0294. The van der Waals surface area contributed by atoms with Crippen LogP contribution in [0.4, 0.5) is 34.1 Å². The highest BCUT2D eigenvalue weighted by Gasteiger charge is 2.18. The molecule has 0 atom stereocenters. The molecule has 6 N–H and O–H groups in total. The molecular weight excluding hydrogens is 629 g/mol. The number of nitrogens with two attached hydrogens (primary N) is 2. The fourth-order valence-electron chi connectivity index (χ4n) is 4.86. The average molecular weight is 653 g/mol. The molecule has 0 fully saturated rings. The Hall–Kier alpha value is -5.22. The van der Waals surface area contributed by atoms with E-state index in [1.807, 2.05) is 60.7 Å². The van der Waals surface area contributed by atoms with Crippen molar-refractivity contribution >= 4 is 77.8 Å². The molecule has 0 amide bonds. The van der Waals surface area contributed by atoms with Gasteiger partial charge in [-0.2, -0.15) is 18.6 Å². The van der Waals surface area contributed by atoms with Crippen LogP contribution in [-0.2, 0) is 19.5 Å². The van der Waals surface area contributed by atoms with Crippen molar-refractivity contribution in [2.75, 3.05) is 11.5 Å². The van der Waals surface area contributed by atoms with Crippen molar-refractivity contribution in [1.29, 1.82) is 0 Å². The lowest BCUT2D eigenvalue weighted by Gasteiger charge is -2.09. The van der Waals surface area contributed by atoms with Crippen LogP contribution in [0.15, 0.2) is 139 Å². The van der Waals surface area contributed by atoms with Gasteiger partial charge in [0, 0.05) is 21.1 Å². The summed E-state index contributed by atoms with van der Waals surface area (Å²) in [6, 6.07) is 31.6. The second-order valence-corrected chi connectivity index (χ2v) is 12.0. The summed E-state index contributed by atoms with van der Waals surface area (Å²) in [7, 11) is -4.52. The Morgan fingerprint density at radius 1 is 0.609 bits per heavy atom. The second-order valence-electron chi connectivity index (χ2n) is 9.90. The summed E-state index contributed by atoms with van der Waals surface area (Å²) in [4.78, 5) is 0.339. The van der Waals surface area contributed by atoms with E-state index in [4.69, 9.17) is 16.7 Å². The molecule has 0 aliphatic rings. The lowest BCUT2D eigenvalue weighted by atomic mass is 10.1. The molecule has 0 aliphatic heterocycles. The minimum absolute atomic E-state index is 0.119. The summed E-state index contributed by atoms with van der Waals surface area (Å²) < 4.78 is 38.3. The first kappa shape index (κ1) is 30.8. The molecule has 14 heteroatoms. The van der Waals surface area contributed by atoms with Gasteiger partial charge in [-0.05, 0) is 52.9 Å². The number of azo groups is 2. The van der Waals surface area contributed by atoms with E-state index < -0.39 is 10.1 Å².